The molecule has 2 unspecified atom stereocenters. The van der Waals surface area contributed by atoms with Crippen LogP contribution >= 0.6 is 31.9 Å². The second-order valence-electron chi connectivity index (χ2n) is 1.77. The first-order valence-electron chi connectivity index (χ1n) is 2.70. The van der Waals surface area contributed by atoms with Crippen molar-refractivity contribution >= 4 is 31.9 Å². The summed E-state index contributed by atoms with van der Waals surface area (Å²) in [5.74, 6) is 0. The van der Waals surface area contributed by atoms with E-state index < -0.39 is 12.2 Å². The average molecular weight is 262 g/mol. The number of hydrogen-bond donors (Lipinski definition) is 2. The lowest BCUT2D eigenvalue weighted by Gasteiger charge is -2.12. The van der Waals surface area contributed by atoms with Crippen molar-refractivity contribution in [2.24, 2.45) is 0 Å². The van der Waals surface area contributed by atoms with Crippen LogP contribution in [0.4, 0.5) is 0 Å². The molecule has 0 saturated heterocycles. The van der Waals surface area contributed by atoms with Crippen LogP contribution < -0.4 is 0 Å². The number of hydrogen-bond acceptors (Lipinski definition) is 2. The molecule has 56 valence electrons. The molecule has 0 aliphatic heterocycles. The number of rotatable bonds is 4. The second kappa shape index (κ2) is 5.65. The molecular formula is C5H10Br2O2. The van der Waals surface area contributed by atoms with Gasteiger partial charge in [-0.2, -0.15) is 0 Å². The van der Waals surface area contributed by atoms with Crippen LogP contribution in [0.15, 0.2) is 0 Å². The Hall–Kier alpha value is 0.880. The highest BCUT2D eigenvalue weighted by Gasteiger charge is 2.12. The van der Waals surface area contributed by atoms with Gasteiger partial charge in [0.25, 0.3) is 0 Å². The van der Waals surface area contributed by atoms with E-state index in [-0.39, 0.29) is 0 Å². The Balaban J connectivity index is 3.32. The number of aliphatic hydroxyl groups is 2. The Morgan fingerprint density at radius 2 is 1.67 bits per heavy atom. The number of aliphatic hydroxyl groups excluding tert-OH is 2. The summed E-state index contributed by atoms with van der Waals surface area (Å²) in [6, 6.07) is 0. The van der Waals surface area contributed by atoms with Crippen LogP contribution in [0.3, 0.4) is 0 Å². The lowest BCUT2D eigenvalue weighted by atomic mass is 10.2. The molecule has 0 aromatic rings. The summed E-state index contributed by atoms with van der Waals surface area (Å²) < 4.78 is 0. The zero-order valence-electron chi connectivity index (χ0n) is 4.93. The zero-order chi connectivity index (χ0) is 7.28. The average Bonchev–Trinajstić information content (AvgIpc) is 1.87. The first-order valence-corrected chi connectivity index (χ1v) is 4.94. The van der Waals surface area contributed by atoms with Crippen molar-refractivity contribution in [1.29, 1.82) is 0 Å². The van der Waals surface area contributed by atoms with Gasteiger partial charge in [-0.3, -0.25) is 0 Å². The van der Waals surface area contributed by atoms with Crippen molar-refractivity contribution in [2.45, 2.75) is 18.6 Å². The summed E-state index contributed by atoms with van der Waals surface area (Å²) in [7, 11) is 0. The molecule has 0 amide bonds. The summed E-state index contributed by atoms with van der Waals surface area (Å²) in [4.78, 5) is 0. The Kier molecular flexibility index (Phi) is 6.20. The van der Waals surface area contributed by atoms with Crippen molar-refractivity contribution in [3.05, 3.63) is 0 Å². The maximum atomic E-state index is 9.01. The van der Waals surface area contributed by atoms with Gasteiger partial charge in [0.1, 0.15) is 0 Å². The third-order valence-corrected chi connectivity index (χ3v) is 2.13. The summed E-state index contributed by atoms with van der Waals surface area (Å²) in [6.45, 7) is 0. The Morgan fingerprint density at radius 3 is 2.00 bits per heavy atom. The first kappa shape index (κ1) is 9.88. The maximum absolute atomic E-state index is 9.01. The van der Waals surface area contributed by atoms with E-state index in [9.17, 15) is 0 Å². The molecule has 2 nitrogen and oxygen atoms in total. The molecule has 4 heteroatoms. The molecule has 0 heterocycles. The van der Waals surface area contributed by atoms with E-state index in [1.54, 1.807) is 0 Å². The molecule has 2 atom stereocenters. The molecule has 0 rings (SSSR count). The summed E-state index contributed by atoms with van der Waals surface area (Å²) in [5.41, 5.74) is 0. The van der Waals surface area contributed by atoms with E-state index in [2.05, 4.69) is 31.9 Å². The fourth-order valence-corrected chi connectivity index (χ4v) is 1.31. The van der Waals surface area contributed by atoms with Gasteiger partial charge in [-0.05, 0) is 6.42 Å². The minimum Gasteiger partial charge on any atom is -0.390 e. The first-order chi connectivity index (χ1) is 4.22. The quantitative estimate of drug-likeness (QED) is 0.738. The lowest BCUT2D eigenvalue weighted by molar-refractivity contribution is 0.0339. The van der Waals surface area contributed by atoms with Gasteiger partial charge in [-0.15, -0.1) is 0 Å². The minimum absolute atomic E-state index is 0.432. The van der Waals surface area contributed by atoms with E-state index in [4.69, 9.17) is 10.2 Å². The van der Waals surface area contributed by atoms with Gasteiger partial charge < -0.3 is 10.2 Å². The molecule has 0 aliphatic carbocycles. The van der Waals surface area contributed by atoms with E-state index >= 15 is 0 Å². The van der Waals surface area contributed by atoms with Crippen LogP contribution in [0.5, 0.6) is 0 Å². The van der Waals surface area contributed by atoms with Crippen molar-refractivity contribution in [3.8, 4) is 0 Å². The number of halogens is 2. The molecule has 0 spiro atoms. The van der Waals surface area contributed by atoms with Gasteiger partial charge in [-0.25, -0.2) is 0 Å². The highest BCUT2D eigenvalue weighted by Crippen LogP contribution is 2.03. The van der Waals surface area contributed by atoms with Crippen LogP contribution in [0.2, 0.25) is 0 Å². The SMILES string of the molecule is OC(CBr)C(O)CCBr. The standard InChI is InChI=1S/C5H10Br2O2/c6-2-1-4(8)5(9)3-7/h4-5,8-9H,1-3H2. The predicted molar refractivity (Wildman–Crippen MR) is 44.2 cm³/mol. The highest BCUT2D eigenvalue weighted by atomic mass is 79.9. The summed E-state index contributed by atoms with van der Waals surface area (Å²) in [5, 5.41) is 19.1. The molecule has 0 fully saturated rings. The number of alkyl halides is 2. The molecule has 0 aromatic heterocycles. The van der Waals surface area contributed by atoms with Gasteiger partial charge >= 0.3 is 0 Å². The van der Waals surface area contributed by atoms with Crippen LogP contribution in [0.1, 0.15) is 6.42 Å². The fourth-order valence-electron chi connectivity index (χ4n) is 0.407. The predicted octanol–water partition coefficient (Wildman–Crippen LogP) is 0.888. The minimum atomic E-state index is -0.637. The Bertz CT molecular complexity index is 70.0. The molecule has 9 heavy (non-hydrogen) atoms. The molecule has 0 saturated carbocycles. The van der Waals surface area contributed by atoms with E-state index in [0.717, 1.165) is 5.33 Å². The molecule has 2 N–H and O–H groups in total. The van der Waals surface area contributed by atoms with Crippen LogP contribution in [0, 0.1) is 0 Å². The highest BCUT2D eigenvalue weighted by molar-refractivity contribution is 9.09. The summed E-state index contributed by atoms with van der Waals surface area (Å²) >= 11 is 6.22. The van der Waals surface area contributed by atoms with Gasteiger partial charge in [0, 0.05) is 10.7 Å². The van der Waals surface area contributed by atoms with Crippen molar-refractivity contribution in [1.82, 2.24) is 0 Å². The third kappa shape index (κ3) is 4.31. The van der Waals surface area contributed by atoms with E-state index in [1.165, 1.54) is 0 Å². The largest absolute Gasteiger partial charge is 0.390 e. The maximum Gasteiger partial charge on any atom is 0.0895 e. The molecule has 0 aromatic carbocycles. The second-order valence-corrected chi connectivity index (χ2v) is 3.21. The normalized spacial score (nSPS) is 17.3. The van der Waals surface area contributed by atoms with E-state index in [0.29, 0.717) is 11.8 Å². The van der Waals surface area contributed by atoms with Crippen LogP contribution in [-0.2, 0) is 0 Å². The molecular weight excluding hydrogens is 252 g/mol. The Morgan fingerprint density at radius 1 is 1.11 bits per heavy atom. The van der Waals surface area contributed by atoms with Gasteiger partial charge in [0.05, 0.1) is 12.2 Å². The van der Waals surface area contributed by atoms with Crippen LogP contribution in [0.25, 0.3) is 0 Å². The van der Waals surface area contributed by atoms with Gasteiger partial charge in [-0.1, -0.05) is 31.9 Å². The third-order valence-electron chi connectivity index (χ3n) is 1.01. The molecule has 0 aliphatic rings. The van der Waals surface area contributed by atoms with Crippen molar-refractivity contribution in [2.75, 3.05) is 10.7 Å². The lowest BCUT2D eigenvalue weighted by Crippen LogP contribution is -2.27. The van der Waals surface area contributed by atoms with Crippen LogP contribution in [-0.4, -0.2) is 33.1 Å². The van der Waals surface area contributed by atoms with Crippen molar-refractivity contribution < 1.29 is 10.2 Å². The molecule has 0 bridgehead atoms. The zero-order valence-corrected chi connectivity index (χ0v) is 8.10. The smallest absolute Gasteiger partial charge is 0.0895 e. The monoisotopic (exact) mass is 260 g/mol. The fraction of sp³-hybridized carbons (Fsp3) is 1.00. The molecule has 0 radical (unpaired) electrons. The Labute approximate surface area is 71.5 Å². The van der Waals surface area contributed by atoms with E-state index in [1.807, 2.05) is 0 Å². The van der Waals surface area contributed by atoms with Gasteiger partial charge in [0.2, 0.25) is 0 Å². The summed E-state index contributed by atoms with van der Waals surface area (Å²) in [6.07, 6.45) is -0.654. The van der Waals surface area contributed by atoms with Crippen molar-refractivity contribution in [3.63, 3.8) is 0 Å². The topological polar surface area (TPSA) is 40.5 Å². The van der Waals surface area contributed by atoms with Gasteiger partial charge in [0.15, 0.2) is 0 Å².